The highest BCUT2D eigenvalue weighted by Crippen LogP contribution is 2.25. The summed E-state index contributed by atoms with van der Waals surface area (Å²) in [5, 5.41) is 2.69. The van der Waals surface area contributed by atoms with E-state index >= 15 is 0 Å². The van der Waals surface area contributed by atoms with E-state index in [0.29, 0.717) is 28.4 Å². The van der Waals surface area contributed by atoms with Gasteiger partial charge in [-0.05, 0) is 61.9 Å². The number of ether oxygens (including phenoxy) is 2. The fourth-order valence-corrected chi connectivity index (χ4v) is 4.94. The first kappa shape index (κ1) is 23.1. The third kappa shape index (κ3) is 4.52. The molecule has 1 aromatic heterocycles. The summed E-state index contributed by atoms with van der Waals surface area (Å²) in [6, 6.07) is 14.2. The summed E-state index contributed by atoms with van der Waals surface area (Å²) in [5.74, 6) is 0.475. The molecule has 1 heterocycles. The number of aryl methyl sites for hydroxylation is 2. The SMILES string of the molecule is COc1ccc(S(=O)(=O)c2c(C)cc(C)n(CC(=O)Nc3ccccc3OC)c2=O)cc1. The molecule has 0 atom stereocenters. The number of rotatable bonds is 7. The number of nitrogens with zero attached hydrogens (tertiary/aromatic N) is 1. The lowest BCUT2D eigenvalue weighted by molar-refractivity contribution is -0.116. The number of amides is 1. The Kier molecular flexibility index (Phi) is 6.69. The van der Waals surface area contributed by atoms with E-state index in [1.807, 2.05) is 0 Å². The molecule has 0 spiro atoms. The Hall–Kier alpha value is -3.59. The molecular formula is C23H24N2O6S. The molecule has 3 aromatic rings. The molecule has 0 saturated carbocycles. The topological polar surface area (TPSA) is 104 Å². The zero-order valence-corrected chi connectivity index (χ0v) is 19.0. The highest BCUT2D eigenvalue weighted by atomic mass is 32.2. The highest BCUT2D eigenvalue weighted by Gasteiger charge is 2.26. The monoisotopic (exact) mass is 456 g/mol. The number of nitrogens with one attached hydrogen (secondary N) is 1. The minimum absolute atomic E-state index is 0.0348. The first-order valence-corrected chi connectivity index (χ1v) is 11.2. The Morgan fingerprint density at radius 3 is 2.28 bits per heavy atom. The molecule has 0 unspecified atom stereocenters. The fourth-order valence-electron chi connectivity index (χ4n) is 3.39. The third-order valence-electron chi connectivity index (χ3n) is 4.97. The summed E-state index contributed by atoms with van der Waals surface area (Å²) in [5.41, 5.74) is 0.471. The molecule has 0 bridgehead atoms. The molecule has 9 heteroatoms. The number of hydrogen-bond donors (Lipinski definition) is 1. The van der Waals surface area contributed by atoms with Crippen molar-refractivity contribution in [1.82, 2.24) is 4.57 Å². The lowest BCUT2D eigenvalue weighted by Crippen LogP contribution is -2.33. The van der Waals surface area contributed by atoms with Gasteiger partial charge in [-0.25, -0.2) is 8.42 Å². The van der Waals surface area contributed by atoms with Crippen molar-refractivity contribution in [1.29, 1.82) is 0 Å². The van der Waals surface area contributed by atoms with E-state index in [2.05, 4.69) is 5.32 Å². The molecule has 0 radical (unpaired) electrons. The molecule has 0 saturated heterocycles. The van der Waals surface area contributed by atoms with Gasteiger partial charge >= 0.3 is 0 Å². The molecule has 32 heavy (non-hydrogen) atoms. The summed E-state index contributed by atoms with van der Waals surface area (Å²) >= 11 is 0. The van der Waals surface area contributed by atoms with E-state index in [9.17, 15) is 18.0 Å². The summed E-state index contributed by atoms with van der Waals surface area (Å²) in [6.45, 7) is 2.85. The van der Waals surface area contributed by atoms with E-state index < -0.39 is 21.3 Å². The Morgan fingerprint density at radius 1 is 1.00 bits per heavy atom. The number of hydrogen-bond acceptors (Lipinski definition) is 6. The highest BCUT2D eigenvalue weighted by molar-refractivity contribution is 7.91. The van der Waals surface area contributed by atoms with Gasteiger partial charge in [0.25, 0.3) is 5.56 Å². The van der Waals surface area contributed by atoms with Gasteiger partial charge in [-0.1, -0.05) is 12.1 Å². The lowest BCUT2D eigenvalue weighted by atomic mass is 10.2. The standard InChI is InChI=1S/C23H24N2O6S/c1-15-13-16(2)25(14-21(26)24-19-7-5-6-8-20(19)31-4)23(27)22(15)32(28,29)18-11-9-17(30-3)10-12-18/h5-13H,14H2,1-4H3,(H,24,26). The number of aromatic nitrogens is 1. The second-order valence-corrected chi connectivity index (χ2v) is 9.00. The van der Waals surface area contributed by atoms with Crippen LogP contribution in [0.4, 0.5) is 5.69 Å². The van der Waals surface area contributed by atoms with Crippen molar-refractivity contribution in [2.75, 3.05) is 19.5 Å². The normalized spacial score (nSPS) is 11.1. The second kappa shape index (κ2) is 9.27. The molecule has 1 N–H and O–H groups in total. The maximum atomic E-state index is 13.2. The number of para-hydroxylation sites is 2. The molecule has 0 aliphatic heterocycles. The van der Waals surface area contributed by atoms with Crippen LogP contribution >= 0.6 is 0 Å². The number of benzene rings is 2. The number of carbonyl (C=O) groups excluding carboxylic acids is 1. The van der Waals surface area contributed by atoms with E-state index in [1.54, 1.807) is 44.2 Å². The summed E-state index contributed by atoms with van der Waals surface area (Å²) in [7, 11) is -1.15. The first-order chi connectivity index (χ1) is 15.2. The molecular weight excluding hydrogens is 432 g/mol. The van der Waals surface area contributed by atoms with E-state index in [-0.39, 0.29) is 16.3 Å². The molecule has 0 aliphatic rings. The number of carbonyl (C=O) groups is 1. The quantitative estimate of drug-likeness (QED) is 0.586. The molecule has 3 rings (SSSR count). The molecule has 1 amide bonds. The first-order valence-electron chi connectivity index (χ1n) is 9.72. The van der Waals surface area contributed by atoms with Gasteiger partial charge in [0.2, 0.25) is 15.7 Å². The molecule has 0 fully saturated rings. The number of sulfone groups is 1. The third-order valence-corrected chi connectivity index (χ3v) is 6.90. The van der Waals surface area contributed by atoms with Crippen molar-refractivity contribution in [3.05, 3.63) is 76.2 Å². The van der Waals surface area contributed by atoms with Crippen LogP contribution in [0.3, 0.4) is 0 Å². The van der Waals surface area contributed by atoms with Crippen LogP contribution in [0.15, 0.2) is 69.2 Å². The van der Waals surface area contributed by atoms with Crippen molar-refractivity contribution < 1.29 is 22.7 Å². The zero-order valence-electron chi connectivity index (χ0n) is 18.2. The van der Waals surface area contributed by atoms with Gasteiger partial charge < -0.3 is 19.4 Å². The van der Waals surface area contributed by atoms with Crippen LogP contribution in [-0.2, 0) is 21.2 Å². The Balaban J connectivity index is 1.99. The van der Waals surface area contributed by atoms with Gasteiger partial charge in [0.1, 0.15) is 22.9 Å². The van der Waals surface area contributed by atoms with Crippen molar-refractivity contribution in [3.63, 3.8) is 0 Å². The van der Waals surface area contributed by atoms with Crippen molar-refractivity contribution >= 4 is 21.4 Å². The van der Waals surface area contributed by atoms with Crippen molar-refractivity contribution in [2.24, 2.45) is 0 Å². The van der Waals surface area contributed by atoms with Crippen LogP contribution in [0.1, 0.15) is 11.3 Å². The van der Waals surface area contributed by atoms with Crippen LogP contribution in [-0.4, -0.2) is 33.1 Å². The second-order valence-electron chi connectivity index (χ2n) is 7.12. The maximum absolute atomic E-state index is 13.2. The summed E-state index contributed by atoms with van der Waals surface area (Å²) < 4.78 is 37.9. The Labute approximate surface area is 186 Å². The Bertz CT molecular complexity index is 1310. The van der Waals surface area contributed by atoms with Crippen molar-refractivity contribution in [3.8, 4) is 11.5 Å². The van der Waals surface area contributed by atoms with Gasteiger partial charge in [-0.2, -0.15) is 0 Å². The smallest absolute Gasteiger partial charge is 0.270 e. The molecule has 168 valence electrons. The summed E-state index contributed by atoms with van der Waals surface area (Å²) in [4.78, 5) is 25.5. The van der Waals surface area contributed by atoms with Gasteiger partial charge in [0, 0.05) is 5.69 Å². The van der Waals surface area contributed by atoms with Crippen molar-refractivity contribution in [2.45, 2.75) is 30.2 Å². The number of methoxy groups -OCH3 is 2. The van der Waals surface area contributed by atoms with Crippen LogP contribution in [0.5, 0.6) is 11.5 Å². The van der Waals surface area contributed by atoms with Crippen LogP contribution in [0.25, 0.3) is 0 Å². The van der Waals surface area contributed by atoms with Crippen LogP contribution in [0.2, 0.25) is 0 Å². The number of pyridine rings is 1. The maximum Gasteiger partial charge on any atom is 0.270 e. The van der Waals surface area contributed by atoms with E-state index in [0.717, 1.165) is 4.57 Å². The predicted octanol–water partition coefficient (Wildman–Crippen LogP) is 2.95. The molecule has 8 nitrogen and oxygen atoms in total. The van der Waals surface area contributed by atoms with Gasteiger partial charge in [-0.3, -0.25) is 9.59 Å². The molecule has 0 aliphatic carbocycles. The lowest BCUT2D eigenvalue weighted by Gasteiger charge is -2.15. The average molecular weight is 457 g/mol. The van der Waals surface area contributed by atoms with Gasteiger partial charge in [0.15, 0.2) is 0 Å². The zero-order chi connectivity index (χ0) is 23.5. The fraction of sp³-hybridized carbons (Fsp3) is 0.217. The minimum Gasteiger partial charge on any atom is -0.497 e. The van der Waals surface area contributed by atoms with E-state index in [4.69, 9.17) is 9.47 Å². The van der Waals surface area contributed by atoms with Gasteiger partial charge in [0.05, 0.1) is 24.8 Å². The molecule has 2 aromatic carbocycles. The average Bonchev–Trinajstić information content (AvgIpc) is 2.76. The van der Waals surface area contributed by atoms with Gasteiger partial charge in [-0.15, -0.1) is 0 Å². The minimum atomic E-state index is -4.11. The summed E-state index contributed by atoms with van der Waals surface area (Å²) in [6.07, 6.45) is 0. The largest absolute Gasteiger partial charge is 0.497 e. The predicted molar refractivity (Wildman–Crippen MR) is 120 cm³/mol. The van der Waals surface area contributed by atoms with E-state index in [1.165, 1.54) is 38.5 Å². The Morgan fingerprint density at radius 2 is 1.66 bits per heavy atom. The van der Waals surface area contributed by atoms with Crippen LogP contribution in [0, 0.1) is 13.8 Å². The number of anilines is 1. The van der Waals surface area contributed by atoms with Crippen LogP contribution < -0.4 is 20.3 Å².